The van der Waals surface area contributed by atoms with E-state index in [1.165, 1.54) is 11.2 Å². The Morgan fingerprint density at radius 2 is 1.63 bits per heavy atom. The Bertz CT molecular complexity index is 2200. The first kappa shape index (κ1) is 38.4. The molecule has 54 heavy (non-hydrogen) atoms. The fourth-order valence-corrected chi connectivity index (χ4v) is 5.81. The van der Waals surface area contributed by atoms with Crippen molar-refractivity contribution in [1.82, 2.24) is 29.3 Å². The van der Waals surface area contributed by atoms with E-state index in [-0.39, 0.29) is 6.54 Å². The van der Waals surface area contributed by atoms with Crippen LogP contribution in [0.3, 0.4) is 0 Å². The highest BCUT2D eigenvalue weighted by Crippen LogP contribution is 2.36. The summed E-state index contributed by atoms with van der Waals surface area (Å²) in [7, 11) is 0. The molecule has 0 aliphatic carbocycles. The Hall–Kier alpha value is -5.35. The summed E-state index contributed by atoms with van der Waals surface area (Å²) in [5.41, 5.74) is 1.92. The van der Waals surface area contributed by atoms with Gasteiger partial charge in [0.1, 0.15) is 23.6 Å². The minimum atomic E-state index is -4.54. The van der Waals surface area contributed by atoms with E-state index in [2.05, 4.69) is 20.4 Å². The quantitative estimate of drug-likeness (QED) is 0.149. The number of hydrogen-bond acceptors (Lipinski definition) is 10. The summed E-state index contributed by atoms with van der Waals surface area (Å²) < 4.78 is 59.7. The number of ether oxygens (including phenoxy) is 3. The van der Waals surface area contributed by atoms with Crippen molar-refractivity contribution in [3.05, 3.63) is 105 Å². The Balaban J connectivity index is 1.15. The lowest BCUT2D eigenvalue weighted by Crippen LogP contribution is -2.41. The Morgan fingerprint density at radius 1 is 0.944 bits per heavy atom. The lowest BCUT2D eigenvalue weighted by molar-refractivity contribution is -0.138. The van der Waals surface area contributed by atoms with Crippen LogP contribution in [0.25, 0.3) is 11.0 Å². The zero-order chi connectivity index (χ0) is 39.2. The Kier molecular flexibility index (Phi) is 10.3. The maximum atomic E-state index is 13.4. The number of pyridine rings is 2. The molecule has 4 aromatic heterocycles. The van der Waals surface area contributed by atoms with Crippen LogP contribution in [0.2, 0.25) is 0 Å². The second kappa shape index (κ2) is 14.5. The highest BCUT2D eigenvalue weighted by atomic mass is 19.4. The first-order valence-corrected chi connectivity index (χ1v) is 17.3. The molecule has 0 saturated carbocycles. The van der Waals surface area contributed by atoms with Gasteiger partial charge in [0.15, 0.2) is 11.9 Å². The SMILES string of the molecule is Cc1cc(N(C(=O)OC(C)(C)C)C2OC2OC(C)(C)C)nc(C)c1CNc1ncnc2nn(Cc3ccc(Cn4cc(C(F)(F)F)ccc4=O)cc3)cc12. The predicted octanol–water partition coefficient (Wildman–Crippen LogP) is 6.97. The number of aromatic nitrogens is 6. The number of aryl methyl sites for hydroxylation is 2. The van der Waals surface area contributed by atoms with E-state index in [1.807, 2.05) is 59.0 Å². The largest absolute Gasteiger partial charge is 0.443 e. The fraction of sp³-hybridized carbons (Fsp3) is 0.421. The van der Waals surface area contributed by atoms with Crippen molar-refractivity contribution < 1.29 is 32.2 Å². The van der Waals surface area contributed by atoms with Crippen molar-refractivity contribution in [3.63, 3.8) is 0 Å². The van der Waals surface area contributed by atoms with E-state index < -0.39 is 47.1 Å². The average Bonchev–Trinajstić information content (AvgIpc) is 3.63. The zero-order valence-electron chi connectivity index (χ0n) is 31.4. The van der Waals surface area contributed by atoms with E-state index in [0.29, 0.717) is 47.0 Å². The average molecular weight is 749 g/mol. The summed E-state index contributed by atoms with van der Waals surface area (Å²) in [4.78, 5) is 40.6. The van der Waals surface area contributed by atoms with Gasteiger partial charge in [-0.1, -0.05) is 24.3 Å². The normalized spacial score (nSPS) is 16.1. The van der Waals surface area contributed by atoms with Gasteiger partial charge in [0.05, 0.1) is 29.6 Å². The second-order valence-corrected chi connectivity index (χ2v) is 15.2. The molecule has 2 atom stereocenters. The van der Waals surface area contributed by atoms with E-state index >= 15 is 0 Å². The molecule has 0 bridgehead atoms. The van der Waals surface area contributed by atoms with E-state index in [9.17, 15) is 22.8 Å². The standard InChI is InChI=1S/C38H43F3N8O5/c1-22-15-29(49(35(51)54-37(6,7)8)33-34(52-33)53-36(3,4)5)45-23(2)27(22)16-42-31-28-20-48(46-32(28)44-21-43-31)18-25-11-9-24(10-12-25)17-47-19-26(38(39,40)41)13-14-30(47)50/h9-15,19-21,33-34H,16-18H2,1-8H3,(H,42,43,44,46). The number of epoxide rings is 1. The van der Waals surface area contributed by atoms with E-state index in [0.717, 1.165) is 39.6 Å². The number of carbonyl (C=O) groups is 1. The number of fused-ring (bicyclic) bond motifs is 1. The van der Waals surface area contributed by atoms with Crippen LogP contribution in [0.5, 0.6) is 0 Å². The number of hydrogen-bond donors (Lipinski definition) is 1. The van der Waals surface area contributed by atoms with Crippen LogP contribution in [-0.4, -0.2) is 59.1 Å². The molecule has 13 nitrogen and oxygen atoms in total. The lowest BCUT2D eigenvalue weighted by Gasteiger charge is -2.27. The molecule has 0 spiro atoms. The van der Waals surface area contributed by atoms with Crippen molar-refractivity contribution in [2.75, 3.05) is 10.2 Å². The van der Waals surface area contributed by atoms with Crippen LogP contribution in [0.15, 0.2) is 66.0 Å². The first-order chi connectivity index (χ1) is 25.2. The van der Waals surface area contributed by atoms with Gasteiger partial charge in [0.25, 0.3) is 5.56 Å². The number of amides is 1. The van der Waals surface area contributed by atoms with Gasteiger partial charge in [-0.25, -0.2) is 24.6 Å². The summed E-state index contributed by atoms with van der Waals surface area (Å²) in [6.07, 6.45) is -2.35. The number of carbonyl (C=O) groups excluding carboxylic acids is 1. The number of halogens is 3. The third-order valence-electron chi connectivity index (χ3n) is 8.36. The second-order valence-electron chi connectivity index (χ2n) is 15.2. The molecule has 1 aliphatic heterocycles. The van der Waals surface area contributed by atoms with Crippen molar-refractivity contribution in [1.29, 1.82) is 0 Å². The number of rotatable bonds is 10. The van der Waals surface area contributed by atoms with Crippen LogP contribution in [-0.2, 0) is 40.0 Å². The van der Waals surface area contributed by atoms with Crippen molar-refractivity contribution in [2.45, 2.75) is 105 Å². The van der Waals surface area contributed by atoms with Gasteiger partial charge in [-0.05, 0) is 89.8 Å². The minimum absolute atomic E-state index is 0.000305. The fourth-order valence-electron chi connectivity index (χ4n) is 5.81. The number of nitrogens with one attached hydrogen (secondary N) is 1. The van der Waals surface area contributed by atoms with Crippen LogP contribution >= 0.6 is 0 Å². The highest BCUT2D eigenvalue weighted by Gasteiger charge is 2.51. The monoisotopic (exact) mass is 748 g/mol. The van der Waals surface area contributed by atoms with Crippen LogP contribution in [0.1, 0.15) is 75.1 Å². The molecule has 286 valence electrons. The molecular formula is C38H43F3N8O5. The first-order valence-electron chi connectivity index (χ1n) is 17.3. The van der Waals surface area contributed by atoms with E-state index in [1.54, 1.807) is 37.6 Å². The summed E-state index contributed by atoms with van der Waals surface area (Å²) in [5.74, 6) is 0.955. The molecule has 1 saturated heterocycles. The van der Waals surface area contributed by atoms with Crippen molar-refractivity contribution in [2.24, 2.45) is 0 Å². The molecule has 0 radical (unpaired) electrons. The van der Waals surface area contributed by atoms with Crippen LogP contribution in [0, 0.1) is 13.8 Å². The zero-order valence-corrected chi connectivity index (χ0v) is 31.4. The minimum Gasteiger partial charge on any atom is -0.443 e. The summed E-state index contributed by atoms with van der Waals surface area (Å²) >= 11 is 0. The van der Waals surface area contributed by atoms with Gasteiger partial charge in [-0.2, -0.15) is 18.3 Å². The molecule has 1 N–H and O–H groups in total. The van der Waals surface area contributed by atoms with Gasteiger partial charge < -0.3 is 24.1 Å². The molecule has 6 rings (SSSR count). The van der Waals surface area contributed by atoms with Crippen LogP contribution in [0.4, 0.5) is 29.6 Å². The van der Waals surface area contributed by atoms with Crippen LogP contribution < -0.4 is 15.8 Å². The number of alkyl halides is 3. The van der Waals surface area contributed by atoms with Gasteiger partial charge in [0, 0.05) is 30.7 Å². The number of benzene rings is 1. The predicted molar refractivity (Wildman–Crippen MR) is 195 cm³/mol. The lowest BCUT2D eigenvalue weighted by atomic mass is 10.1. The third-order valence-corrected chi connectivity index (χ3v) is 8.36. The molecule has 1 aliphatic rings. The summed E-state index contributed by atoms with van der Waals surface area (Å²) in [6.45, 7) is 15.7. The molecule has 16 heteroatoms. The van der Waals surface area contributed by atoms with E-state index in [4.69, 9.17) is 19.2 Å². The third kappa shape index (κ3) is 9.23. The molecule has 2 unspecified atom stereocenters. The molecule has 5 heterocycles. The molecule has 1 amide bonds. The Morgan fingerprint density at radius 3 is 2.26 bits per heavy atom. The smallest absolute Gasteiger partial charge is 0.418 e. The topological polar surface area (TPSA) is 142 Å². The molecule has 1 aromatic carbocycles. The van der Waals surface area contributed by atoms with Crippen molar-refractivity contribution >= 4 is 28.8 Å². The maximum Gasteiger partial charge on any atom is 0.418 e. The summed E-state index contributed by atoms with van der Waals surface area (Å²) in [6, 6.07) is 10.7. The van der Waals surface area contributed by atoms with Gasteiger partial charge in [-0.15, -0.1) is 0 Å². The van der Waals surface area contributed by atoms with Gasteiger partial charge in [-0.3, -0.25) is 9.48 Å². The summed E-state index contributed by atoms with van der Waals surface area (Å²) in [5, 5.41) is 8.69. The highest BCUT2D eigenvalue weighted by molar-refractivity contribution is 5.88. The molecule has 1 fully saturated rings. The van der Waals surface area contributed by atoms with Crippen molar-refractivity contribution in [3.8, 4) is 0 Å². The molecular weight excluding hydrogens is 705 g/mol. The number of anilines is 2. The Labute approximate surface area is 310 Å². The maximum absolute atomic E-state index is 13.4. The van der Waals surface area contributed by atoms with Gasteiger partial charge in [0.2, 0.25) is 6.29 Å². The number of nitrogens with zero attached hydrogens (tertiary/aromatic N) is 7. The molecule has 5 aromatic rings. The van der Waals surface area contributed by atoms with Gasteiger partial charge >= 0.3 is 12.3 Å².